The number of aromatic nitrogens is 4. The van der Waals surface area contributed by atoms with Gasteiger partial charge in [0, 0.05) is 44.2 Å². The Bertz CT molecular complexity index is 3060. The van der Waals surface area contributed by atoms with E-state index in [4.69, 9.17) is 9.97 Å². The molecule has 3 aromatic heterocycles. The third kappa shape index (κ3) is 4.69. The quantitative estimate of drug-likeness (QED) is 0.175. The molecule has 4 nitrogen and oxygen atoms in total. The first-order chi connectivity index (χ1) is 26.2. The standard InChI is InChI=1S/C49H34N4/c1-3-17-42-36(4-2)44-37-22-11-12-23-38(37)45-39-24-13-16-27-43(39)52(34-20-9-6-10-21-34)49(45)48(44)53(42)35-30-28-33(29-31-35)47-46(32-18-7-5-8-19-32)50-40-25-14-15-26-41(40)51-47/h3-31H,2H2,1H3/b17-3-. The first kappa shape index (κ1) is 30.8. The summed E-state index contributed by atoms with van der Waals surface area (Å²) in [4.78, 5) is 10.3. The molecule has 0 saturated heterocycles. The monoisotopic (exact) mass is 678 g/mol. The zero-order valence-corrected chi connectivity index (χ0v) is 29.2. The molecule has 0 aliphatic rings. The van der Waals surface area contributed by atoms with Gasteiger partial charge in [0.25, 0.3) is 0 Å². The molecule has 0 bridgehead atoms. The van der Waals surface area contributed by atoms with Crippen LogP contribution >= 0.6 is 0 Å². The highest BCUT2D eigenvalue weighted by Gasteiger charge is 2.26. The number of rotatable bonds is 6. The van der Waals surface area contributed by atoms with Gasteiger partial charge in [-0.05, 0) is 66.2 Å². The number of fused-ring (bicyclic) bond motifs is 9. The van der Waals surface area contributed by atoms with Crippen LogP contribution in [0.25, 0.3) is 101 Å². The minimum absolute atomic E-state index is 0.858. The summed E-state index contributed by atoms with van der Waals surface area (Å²) >= 11 is 0. The van der Waals surface area contributed by atoms with E-state index in [9.17, 15) is 0 Å². The van der Waals surface area contributed by atoms with Crippen molar-refractivity contribution in [1.82, 2.24) is 19.1 Å². The number of allylic oxidation sites excluding steroid dienone is 1. The molecule has 4 heteroatoms. The molecule has 0 fully saturated rings. The molecular formula is C49H34N4. The van der Waals surface area contributed by atoms with Gasteiger partial charge in [0.1, 0.15) is 0 Å². The lowest BCUT2D eigenvalue weighted by molar-refractivity contribution is 1.10. The van der Waals surface area contributed by atoms with Gasteiger partial charge >= 0.3 is 0 Å². The van der Waals surface area contributed by atoms with Gasteiger partial charge < -0.3 is 9.13 Å². The lowest BCUT2D eigenvalue weighted by atomic mass is 9.97. The van der Waals surface area contributed by atoms with Crippen LogP contribution in [-0.4, -0.2) is 19.1 Å². The molecule has 0 spiro atoms. The van der Waals surface area contributed by atoms with Crippen LogP contribution in [0.2, 0.25) is 0 Å². The zero-order chi connectivity index (χ0) is 35.5. The van der Waals surface area contributed by atoms with Gasteiger partial charge in [-0.1, -0.05) is 134 Å². The van der Waals surface area contributed by atoms with Crippen LogP contribution in [0.1, 0.15) is 18.2 Å². The van der Waals surface area contributed by atoms with Crippen LogP contribution in [0.4, 0.5) is 0 Å². The van der Waals surface area contributed by atoms with Crippen LogP contribution in [-0.2, 0) is 0 Å². The van der Waals surface area contributed by atoms with E-state index in [0.29, 0.717) is 0 Å². The van der Waals surface area contributed by atoms with E-state index in [1.54, 1.807) is 0 Å². The lowest BCUT2D eigenvalue weighted by Gasteiger charge is -2.15. The summed E-state index contributed by atoms with van der Waals surface area (Å²) in [5.41, 5.74) is 13.4. The maximum absolute atomic E-state index is 5.19. The van der Waals surface area contributed by atoms with Gasteiger partial charge in [-0.25, -0.2) is 9.97 Å². The molecule has 0 amide bonds. The summed E-state index contributed by atoms with van der Waals surface area (Å²) in [6.45, 7) is 6.47. The van der Waals surface area contributed by atoms with Gasteiger partial charge in [0.15, 0.2) is 0 Å². The second kappa shape index (κ2) is 12.3. The first-order valence-electron chi connectivity index (χ1n) is 18.0. The summed E-state index contributed by atoms with van der Waals surface area (Å²) < 4.78 is 4.86. The first-order valence-corrected chi connectivity index (χ1v) is 18.0. The highest BCUT2D eigenvalue weighted by atomic mass is 15.0. The summed E-state index contributed by atoms with van der Waals surface area (Å²) in [7, 11) is 0. The Balaban J connectivity index is 1.32. The molecule has 0 aliphatic carbocycles. The highest BCUT2D eigenvalue weighted by molar-refractivity contribution is 6.33. The van der Waals surface area contributed by atoms with Gasteiger partial charge in [-0.2, -0.15) is 0 Å². The minimum atomic E-state index is 0.858. The molecule has 0 unspecified atom stereocenters. The number of hydrogen-bond acceptors (Lipinski definition) is 2. The zero-order valence-electron chi connectivity index (χ0n) is 29.2. The SMILES string of the molecule is C=Cc1c(/C=C\C)n(-c2ccc(-c3nc4ccccc4nc3-c3ccccc3)cc2)c2c1c1ccccc1c1c3ccccc3n(-c3ccccc3)c12. The van der Waals surface area contributed by atoms with E-state index < -0.39 is 0 Å². The average Bonchev–Trinajstić information content (AvgIpc) is 3.74. The maximum atomic E-state index is 5.19. The van der Waals surface area contributed by atoms with Crippen molar-refractivity contribution in [3.8, 4) is 33.9 Å². The summed E-state index contributed by atoms with van der Waals surface area (Å²) in [5.74, 6) is 0. The number of nitrogens with zero attached hydrogens (tertiary/aromatic N) is 4. The largest absolute Gasteiger partial charge is 0.307 e. The fraction of sp³-hybridized carbons (Fsp3) is 0.0204. The van der Waals surface area contributed by atoms with Crippen molar-refractivity contribution in [1.29, 1.82) is 0 Å². The Morgan fingerprint density at radius 1 is 0.491 bits per heavy atom. The van der Waals surface area contributed by atoms with E-state index in [1.165, 1.54) is 38.0 Å². The second-order valence-corrected chi connectivity index (χ2v) is 13.3. The normalized spacial score (nSPS) is 11.9. The molecule has 53 heavy (non-hydrogen) atoms. The van der Waals surface area contributed by atoms with Crippen molar-refractivity contribution in [2.75, 3.05) is 0 Å². The number of benzene rings is 7. The Morgan fingerprint density at radius 3 is 1.64 bits per heavy atom. The molecule has 3 heterocycles. The minimum Gasteiger partial charge on any atom is -0.307 e. The molecule has 0 N–H and O–H groups in total. The number of para-hydroxylation sites is 4. The summed E-state index contributed by atoms with van der Waals surface area (Å²) in [6.07, 6.45) is 6.35. The topological polar surface area (TPSA) is 35.6 Å². The molecule has 0 saturated carbocycles. The Kier molecular flexibility index (Phi) is 7.15. The Morgan fingerprint density at radius 2 is 1.00 bits per heavy atom. The highest BCUT2D eigenvalue weighted by Crippen LogP contribution is 2.46. The van der Waals surface area contributed by atoms with Gasteiger partial charge in [0.05, 0.1) is 44.7 Å². The van der Waals surface area contributed by atoms with Crippen LogP contribution in [0.5, 0.6) is 0 Å². The molecule has 10 rings (SSSR count). The Hall–Kier alpha value is -7.04. The molecular weight excluding hydrogens is 645 g/mol. The van der Waals surface area contributed by atoms with Gasteiger partial charge in [-0.3, -0.25) is 0 Å². The molecule has 0 radical (unpaired) electrons. The summed E-state index contributed by atoms with van der Waals surface area (Å²) in [6, 6.07) is 55.5. The smallest absolute Gasteiger partial charge is 0.0973 e. The van der Waals surface area contributed by atoms with E-state index >= 15 is 0 Å². The van der Waals surface area contributed by atoms with E-state index in [1.807, 2.05) is 36.4 Å². The van der Waals surface area contributed by atoms with Crippen molar-refractivity contribution < 1.29 is 0 Å². The molecule has 0 aliphatic heterocycles. The summed E-state index contributed by atoms with van der Waals surface area (Å²) in [5, 5.41) is 6.09. The van der Waals surface area contributed by atoms with E-state index in [0.717, 1.165) is 61.7 Å². The molecule has 250 valence electrons. The third-order valence-electron chi connectivity index (χ3n) is 10.4. The lowest BCUT2D eigenvalue weighted by Crippen LogP contribution is -2.01. The Labute approximate surface area is 307 Å². The van der Waals surface area contributed by atoms with Crippen molar-refractivity contribution in [3.63, 3.8) is 0 Å². The maximum Gasteiger partial charge on any atom is 0.0973 e. The van der Waals surface area contributed by atoms with Crippen molar-refractivity contribution in [2.24, 2.45) is 0 Å². The van der Waals surface area contributed by atoms with Crippen LogP contribution < -0.4 is 0 Å². The predicted molar refractivity (Wildman–Crippen MR) is 224 cm³/mol. The fourth-order valence-electron chi connectivity index (χ4n) is 8.17. The predicted octanol–water partition coefficient (Wildman–Crippen LogP) is 12.8. The molecule has 10 aromatic rings. The van der Waals surface area contributed by atoms with Crippen molar-refractivity contribution in [3.05, 3.63) is 182 Å². The average molecular weight is 679 g/mol. The molecule has 0 atom stereocenters. The van der Waals surface area contributed by atoms with Gasteiger partial charge in [-0.15, -0.1) is 0 Å². The van der Waals surface area contributed by atoms with Crippen LogP contribution in [0.3, 0.4) is 0 Å². The third-order valence-corrected chi connectivity index (χ3v) is 10.4. The van der Waals surface area contributed by atoms with Gasteiger partial charge in [0.2, 0.25) is 0 Å². The second-order valence-electron chi connectivity index (χ2n) is 13.3. The van der Waals surface area contributed by atoms with E-state index in [-0.39, 0.29) is 0 Å². The molecule has 7 aromatic carbocycles. The fourth-order valence-corrected chi connectivity index (χ4v) is 8.17. The van der Waals surface area contributed by atoms with Crippen LogP contribution in [0, 0.1) is 0 Å². The van der Waals surface area contributed by atoms with Crippen molar-refractivity contribution in [2.45, 2.75) is 6.92 Å². The van der Waals surface area contributed by atoms with Crippen LogP contribution in [0.15, 0.2) is 170 Å². The van der Waals surface area contributed by atoms with E-state index in [2.05, 4.69) is 162 Å². The van der Waals surface area contributed by atoms with Crippen molar-refractivity contribution >= 4 is 66.7 Å². The number of hydrogen-bond donors (Lipinski definition) is 0.